The Bertz CT molecular complexity index is 850. The Morgan fingerprint density at radius 2 is 1.62 bits per heavy atom. The first-order valence-electron chi connectivity index (χ1n) is 11.2. The van der Waals surface area contributed by atoms with Gasteiger partial charge in [-0.25, -0.2) is 8.42 Å². The maximum absolute atomic E-state index is 12.8. The Morgan fingerprint density at radius 1 is 1.03 bits per heavy atom. The molecule has 0 aromatic heterocycles. The van der Waals surface area contributed by atoms with Gasteiger partial charge in [-0.05, 0) is 49.7 Å². The summed E-state index contributed by atoms with van der Waals surface area (Å²) in [6, 6.07) is 8.66. The Labute approximate surface area is 209 Å². The second kappa shape index (κ2) is 12.7. The lowest BCUT2D eigenvalue weighted by atomic mass is 9.93. The maximum Gasteiger partial charge on any atom is 0.243 e. The molecule has 0 radical (unpaired) electrons. The van der Waals surface area contributed by atoms with Crippen molar-refractivity contribution < 1.29 is 13.2 Å². The van der Waals surface area contributed by atoms with E-state index in [2.05, 4.69) is 20.5 Å². The number of rotatable bonds is 6. The van der Waals surface area contributed by atoms with Crippen LogP contribution in [0.2, 0.25) is 0 Å². The van der Waals surface area contributed by atoms with E-state index in [9.17, 15) is 13.2 Å². The number of halogens is 1. The molecule has 2 aliphatic rings. The molecule has 2 N–H and O–H groups in total. The van der Waals surface area contributed by atoms with Crippen molar-refractivity contribution in [3.63, 3.8) is 0 Å². The molecule has 1 amide bonds. The van der Waals surface area contributed by atoms with Gasteiger partial charge in [-0.3, -0.25) is 9.79 Å². The number of sulfonamides is 1. The number of carbonyl (C=O) groups is 1. The van der Waals surface area contributed by atoms with E-state index in [0.29, 0.717) is 36.2 Å². The van der Waals surface area contributed by atoms with Crippen molar-refractivity contribution in [2.24, 2.45) is 16.8 Å². The number of benzene rings is 1. The number of carbonyl (C=O) groups excluding carboxylic acids is 1. The summed E-state index contributed by atoms with van der Waals surface area (Å²) in [5.74, 6) is 1.87. The van der Waals surface area contributed by atoms with E-state index in [-0.39, 0.29) is 29.9 Å². The van der Waals surface area contributed by atoms with Gasteiger partial charge in [0.1, 0.15) is 0 Å². The molecule has 8 nitrogen and oxygen atoms in total. The van der Waals surface area contributed by atoms with Crippen molar-refractivity contribution in [1.29, 1.82) is 0 Å². The van der Waals surface area contributed by atoms with E-state index in [1.807, 2.05) is 6.07 Å². The fraction of sp³-hybridized carbons (Fsp3) is 0.636. The molecule has 0 spiro atoms. The molecule has 2 saturated heterocycles. The Morgan fingerprint density at radius 3 is 2.19 bits per heavy atom. The van der Waals surface area contributed by atoms with E-state index in [4.69, 9.17) is 0 Å². The Balaban J connectivity index is 0.00000363. The highest BCUT2D eigenvalue weighted by Gasteiger charge is 2.30. The van der Waals surface area contributed by atoms with Crippen LogP contribution in [0, 0.1) is 11.8 Å². The number of hydrogen-bond donors (Lipinski definition) is 2. The van der Waals surface area contributed by atoms with Crippen LogP contribution in [-0.2, 0) is 14.8 Å². The summed E-state index contributed by atoms with van der Waals surface area (Å²) in [6.07, 6.45) is 4.25. The minimum absolute atomic E-state index is 0. The summed E-state index contributed by atoms with van der Waals surface area (Å²) in [6.45, 7) is 3.69. The lowest BCUT2D eigenvalue weighted by Gasteiger charge is -2.35. The third kappa shape index (κ3) is 7.05. The smallest absolute Gasteiger partial charge is 0.243 e. The van der Waals surface area contributed by atoms with Gasteiger partial charge in [0.2, 0.25) is 15.9 Å². The molecule has 2 fully saturated rings. The zero-order valence-corrected chi connectivity index (χ0v) is 22.1. The zero-order valence-electron chi connectivity index (χ0n) is 19.0. The quantitative estimate of drug-likeness (QED) is 0.307. The van der Waals surface area contributed by atoms with E-state index < -0.39 is 10.0 Å². The normalized spacial score (nSPS) is 19.3. The number of nitrogens with one attached hydrogen (secondary N) is 2. The Kier molecular flexibility index (Phi) is 10.7. The van der Waals surface area contributed by atoms with Crippen LogP contribution in [0.1, 0.15) is 32.1 Å². The molecule has 0 bridgehead atoms. The monoisotopic (exact) mass is 577 g/mol. The SMILES string of the molecule is CN=C(NCC1CCN(S(=O)(=O)c2ccccc2)CC1)N1CCC(CC(=O)NC)CC1.I. The summed E-state index contributed by atoms with van der Waals surface area (Å²) in [4.78, 5) is 18.7. The average Bonchev–Trinajstić information content (AvgIpc) is 2.81. The molecule has 10 heteroatoms. The number of amides is 1. The number of likely N-dealkylation sites (tertiary alicyclic amines) is 1. The van der Waals surface area contributed by atoms with Gasteiger partial charge in [-0.2, -0.15) is 4.31 Å². The van der Waals surface area contributed by atoms with E-state index >= 15 is 0 Å². The van der Waals surface area contributed by atoms with Crippen LogP contribution < -0.4 is 10.6 Å². The molecule has 1 aromatic rings. The summed E-state index contributed by atoms with van der Waals surface area (Å²) >= 11 is 0. The van der Waals surface area contributed by atoms with Gasteiger partial charge in [0.15, 0.2) is 5.96 Å². The third-order valence-electron chi connectivity index (χ3n) is 6.38. The standard InChI is InChI=1S/C22H35N5O3S.HI/c1-23-21(28)16-18-8-12-26(13-9-18)22(24-2)25-17-19-10-14-27(15-11-19)31(29,30)20-6-4-3-5-7-20;/h3-7,18-19H,8-17H2,1-2H3,(H,23,28)(H,24,25);1H. The summed E-state index contributed by atoms with van der Waals surface area (Å²) < 4.78 is 27.2. The van der Waals surface area contributed by atoms with Gasteiger partial charge in [0.05, 0.1) is 4.90 Å². The van der Waals surface area contributed by atoms with E-state index in [1.165, 1.54) is 0 Å². The van der Waals surface area contributed by atoms with Gasteiger partial charge in [0.25, 0.3) is 0 Å². The molecule has 0 atom stereocenters. The zero-order chi connectivity index (χ0) is 22.3. The second-order valence-electron chi connectivity index (χ2n) is 8.40. The number of hydrogen-bond acceptors (Lipinski definition) is 4. The number of nitrogens with zero attached hydrogens (tertiary/aromatic N) is 3. The lowest BCUT2D eigenvalue weighted by molar-refractivity contribution is -0.121. The second-order valence-corrected chi connectivity index (χ2v) is 10.3. The molecule has 0 saturated carbocycles. The number of guanidine groups is 1. The van der Waals surface area contributed by atoms with Gasteiger partial charge in [-0.15, -0.1) is 24.0 Å². The van der Waals surface area contributed by atoms with Crippen molar-refractivity contribution in [1.82, 2.24) is 19.8 Å². The first-order valence-corrected chi connectivity index (χ1v) is 12.6. The van der Waals surface area contributed by atoms with Crippen molar-refractivity contribution in [2.45, 2.75) is 37.0 Å². The minimum Gasteiger partial charge on any atom is -0.359 e. The van der Waals surface area contributed by atoms with Crippen molar-refractivity contribution in [3.05, 3.63) is 30.3 Å². The number of piperidine rings is 2. The molecule has 2 aliphatic heterocycles. The summed E-state index contributed by atoms with van der Waals surface area (Å²) in [5.41, 5.74) is 0. The summed E-state index contributed by atoms with van der Waals surface area (Å²) in [5, 5.41) is 6.20. The van der Waals surface area contributed by atoms with Gasteiger partial charge >= 0.3 is 0 Å². The van der Waals surface area contributed by atoms with Crippen molar-refractivity contribution in [2.75, 3.05) is 46.8 Å². The third-order valence-corrected chi connectivity index (χ3v) is 8.29. The topological polar surface area (TPSA) is 94.1 Å². The molecule has 2 heterocycles. The van der Waals surface area contributed by atoms with Crippen LogP contribution >= 0.6 is 24.0 Å². The van der Waals surface area contributed by atoms with Gasteiger partial charge < -0.3 is 15.5 Å². The van der Waals surface area contributed by atoms with Gasteiger partial charge in [0, 0.05) is 53.2 Å². The molecular formula is C22H36IN5O3S. The largest absolute Gasteiger partial charge is 0.359 e. The van der Waals surface area contributed by atoms with Crippen LogP contribution in [0.4, 0.5) is 0 Å². The molecule has 32 heavy (non-hydrogen) atoms. The van der Waals surface area contributed by atoms with Gasteiger partial charge in [-0.1, -0.05) is 18.2 Å². The highest BCUT2D eigenvalue weighted by Crippen LogP contribution is 2.24. The maximum atomic E-state index is 12.8. The molecular weight excluding hydrogens is 541 g/mol. The predicted molar refractivity (Wildman–Crippen MR) is 138 cm³/mol. The molecule has 1 aromatic carbocycles. The highest BCUT2D eigenvalue weighted by molar-refractivity contribution is 14.0. The average molecular weight is 578 g/mol. The molecule has 3 rings (SSSR count). The van der Waals surface area contributed by atoms with Crippen LogP contribution in [0.25, 0.3) is 0 Å². The first-order chi connectivity index (χ1) is 14.9. The minimum atomic E-state index is -3.40. The fourth-order valence-electron chi connectivity index (χ4n) is 4.38. The summed E-state index contributed by atoms with van der Waals surface area (Å²) in [7, 11) is 0.0829. The number of aliphatic imine (C=N–C) groups is 1. The predicted octanol–water partition coefficient (Wildman–Crippen LogP) is 2.13. The van der Waals surface area contributed by atoms with Crippen LogP contribution in [-0.4, -0.2) is 76.3 Å². The molecule has 0 unspecified atom stereocenters. The lowest BCUT2D eigenvalue weighted by Crippen LogP contribution is -2.48. The van der Waals surface area contributed by atoms with Crippen LogP contribution in [0.15, 0.2) is 40.2 Å². The van der Waals surface area contributed by atoms with Crippen LogP contribution in [0.3, 0.4) is 0 Å². The highest BCUT2D eigenvalue weighted by atomic mass is 127. The molecule has 0 aliphatic carbocycles. The van der Waals surface area contributed by atoms with Crippen LogP contribution in [0.5, 0.6) is 0 Å². The Hall–Kier alpha value is -1.40. The van der Waals surface area contributed by atoms with E-state index in [0.717, 1.165) is 51.3 Å². The fourth-order valence-corrected chi connectivity index (χ4v) is 5.87. The first kappa shape index (κ1) is 26.8. The molecule has 180 valence electrons. The van der Waals surface area contributed by atoms with Crippen molar-refractivity contribution in [3.8, 4) is 0 Å². The van der Waals surface area contributed by atoms with Crippen molar-refractivity contribution >= 4 is 45.9 Å². The van der Waals surface area contributed by atoms with E-state index in [1.54, 1.807) is 42.7 Å².